The average molecular weight is 285 g/mol. The molecule has 104 valence electrons. The second-order valence-corrected chi connectivity index (χ2v) is 7.67. The smallest absolute Gasteiger partial charge is 0.395 e. The Bertz CT molecular complexity index is 174. The Morgan fingerprint density at radius 1 is 0.824 bits per heavy atom. The van der Waals surface area contributed by atoms with Crippen LogP contribution in [0.2, 0.25) is 13.1 Å². The number of hydrogen-bond acceptors (Lipinski definition) is 5. The highest BCUT2D eigenvalue weighted by Gasteiger charge is 2.22. The molecule has 0 heterocycles. The standard InChI is InChI=1S/C6H16O2Si.C4H10O3P/c1-5-7-9(3,4)8-6-2;1-3-6-8(5)7-4-2/h5-6H2,1-4H3;3-4H2,1-2H3/q;+1. The van der Waals surface area contributed by atoms with E-state index in [1.54, 1.807) is 13.8 Å². The molecular formula is C10H26O5PSi+. The third-order valence-corrected chi connectivity index (χ3v) is 4.36. The van der Waals surface area contributed by atoms with Gasteiger partial charge in [0.2, 0.25) is 0 Å². The van der Waals surface area contributed by atoms with Crippen LogP contribution in [0.1, 0.15) is 27.7 Å². The van der Waals surface area contributed by atoms with Crippen molar-refractivity contribution in [1.82, 2.24) is 0 Å². The SMILES string of the molecule is CCO[P+](=O)OCC.CCO[Si](C)(C)OCC. The van der Waals surface area contributed by atoms with Crippen molar-refractivity contribution in [2.75, 3.05) is 26.4 Å². The lowest BCUT2D eigenvalue weighted by molar-refractivity contribution is 0.196. The van der Waals surface area contributed by atoms with Crippen molar-refractivity contribution in [3.63, 3.8) is 0 Å². The fourth-order valence-corrected chi connectivity index (χ4v) is 2.95. The summed E-state index contributed by atoms with van der Waals surface area (Å²) in [6.07, 6.45) is 0. The van der Waals surface area contributed by atoms with Crippen LogP contribution in [0.25, 0.3) is 0 Å². The summed E-state index contributed by atoms with van der Waals surface area (Å²) in [5, 5.41) is 0. The van der Waals surface area contributed by atoms with Crippen LogP contribution in [0.15, 0.2) is 0 Å². The first-order valence-electron chi connectivity index (χ1n) is 5.94. The maximum atomic E-state index is 10.3. The Balaban J connectivity index is 0. The Labute approximate surface area is 107 Å². The molecule has 0 saturated heterocycles. The van der Waals surface area contributed by atoms with E-state index < -0.39 is 16.8 Å². The van der Waals surface area contributed by atoms with Crippen LogP contribution in [0.4, 0.5) is 0 Å². The first-order valence-corrected chi connectivity index (χ1v) is 9.85. The van der Waals surface area contributed by atoms with Crippen LogP contribution >= 0.6 is 8.25 Å². The molecule has 0 rings (SSSR count). The molecule has 0 N–H and O–H groups in total. The largest absolute Gasteiger partial charge is 0.697 e. The predicted octanol–water partition coefficient (Wildman–Crippen LogP) is 3.48. The minimum absolute atomic E-state index is 0.440. The van der Waals surface area contributed by atoms with Gasteiger partial charge in [0.05, 0.1) is 0 Å². The van der Waals surface area contributed by atoms with Crippen molar-refractivity contribution >= 4 is 16.8 Å². The molecule has 0 aromatic heterocycles. The summed E-state index contributed by atoms with van der Waals surface area (Å²) < 4.78 is 30.3. The van der Waals surface area contributed by atoms with E-state index in [4.69, 9.17) is 8.85 Å². The lowest BCUT2D eigenvalue weighted by Crippen LogP contribution is -2.34. The van der Waals surface area contributed by atoms with Crippen molar-refractivity contribution in [3.05, 3.63) is 0 Å². The van der Waals surface area contributed by atoms with Crippen LogP contribution in [0, 0.1) is 0 Å². The van der Waals surface area contributed by atoms with Gasteiger partial charge in [-0.05, 0) is 40.8 Å². The quantitative estimate of drug-likeness (QED) is 0.505. The second-order valence-electron chi connectivity index (χ2n) is 3.33. The van der Waals surface area contributed by atoms with Crippen LogP contribution in [-0.2, 0) is 22.5 Å². The van der Waals surface area contributed by atoms with Gasteiger partial charge >= 0.3 is 16.8 Å². The van der Waals surface area contributed by atoms with Crippen LogP contribution in [-0.4, -0.2) is 35.0 Å². The van der Waals surface area contributed by atoms with Crippen LogP contribution in [0.5, 0.6) is 0 Å². The van der Waals surface area contributed by atoms with Gasteiger partial charge < -0.3 is 8.85 Å². The minimum atomic E-state index is -1.83. The van der Waals surface area contributed by atoms with E-state index in [2.05, 4.69) is 22.1 Å². The molecule has 0 amide bonds. The van der Waals surface area contributed by atoms with Gasteiger partial charge in [0.1, 0.15) is 13.2 Å². The van der Waals surface area contributed by atoms with Gasteiger partial charge in [-0.1, -0.05) is 0 Å². The Morgan fingerprint density at radius 2 is 1.18 bits per heavy atom. The minimum Gasteiger partial charge on any atom is -0.395 e. The van der Waals surface area contributed by atoms with Crippen molar-refractivity contribution < 1.29 is 22.5 Å². The number of hydrogen-bond donors (Lipinski definition) is 0. The molecule has 0 aliphatic heterocycles. The molecule has 0 aromatic carbocycles. The molecule has 5 nitrogen and oxygen atoms in total. The molecule has 0 atom stereocenters. The molecule has 0 radical (unpaired) electrons. The average Bonchev–Trinajstić information content (AvgIpc) is 2.18. The third-order valence-electron chi connectivity index (χ3n) is 1.45. The summed E-state index contributed by atoms with van der Waals surface area (Å²) >= 11 is 0. The maximum Gasteiger partial charge on any atom is 0.697 e. The van der Waals surface area contributed by atoms with E-state index in [0.29, 0.717) is 13.2 Å². The molecule has 0 aliphatic carbocycles. The van der Waals surface area contributed by atoms with Gasteiger partial charge in [-0.2, -0.15) is 0 Å². The molecule has 0 fully saturated rings. The van der Waals surface area contributed by atoms with Crippen LogP contribution in [0.3, 0.4) is 0 Å². The molecule has 0 spiro atoms. The van der Waals surface area contributed by atoms with E-state index >= 15 is 0 Å². The normalized spacial score (nSPS) is 10.7. The monoisotopic (exact) mass is 285 g/mol. The fourth-order valence-electron chi connectivity index (χ4n) is 0.985. The highest BCUT2D eigenvalue weighted by Crippen LogP contribution is 2.21. The van der Waals surface area contributed by atoms with Crippen molar-refractivity contribution in [3.8, 4) is 0 Å². The van der Waals surface area contributed by atoms with E-state index in [9.17, 15) is 4.57 Å². The third kappa shape index (κ3) is 16.2. The maximum absolute atomic E-state index is 10.3. The summed E-state index contributed by atoms with van der Waals surface area (Å²) in [6, 6.07) is 0. The molecule has 0 aromatic rings. The topological polar surface area (TPSA) is 54.0 Å². The summed E-state index contributed by atoms with van der Waals surface area (Å²) in [4.78, 5) is 0. The van der Waals surface area contributed by atoms with E-state index in [0.717, 1.165) is 13.2 Å². The summed E-state index contributed by atoms with van der Waals surface area (Å²) in [5.74, 6) is 0. The Hall–Kier alpha value is 0.157. The van der Waals surface area contributed by atoms with Crippen molar-refractivity contribution in [2.24, 2.45) is 0 Å². The summed E-state index contributed by atoms with van der Waals surface area (Å²) in [7, 11) is -3.53. The lowest BCUT2D eigenvalue weighted by atomic mass is 10.9. The molecule has 0 aliphatic rings. The molecular weight excluding hydrogens is 259 g/mol. The zero-order chi connectivity index (χ0) is 13.7. The first kappa shape index (κ1) is 19.5. The fraction of sp³-hybridized carbons (Fsp3) is 1.00. The summed E-state index contributed by atoms with van der Waals surface area (Å²) in [5.41, 5.74) is 0. The van der Waals surface area contributed by atoms with E-state index in [1.807, 2.05) is 13.8 Å². The van der Waals surface area contributed by atoms with E-state index in [-0.39, 0.29) is 0 Å². The van der Waals surface area contributed by atoms with Gasteiger partial charge in [-0.3, -0.25) is 0 Å². The van der Waals surface area contributed by atoms with Gasteiger partial charge in [-0.25, -0.2) is 0 Å². The second kappa shape index (κ2) is 12.6. The van der Waals surface area contributed by atoms with Gasteiger partial charge in [0.15, 0.2) is 0 Å². The Morgan fingerprint density at radius 3 is 1.41 bits per heavy atom. The van der Waals surface area contributed by atoms with Crippen LogP contribution < -0.4 is 0 Å². The van der Waals surface area contributed by atoms with Gasteiger partial charge in [0.25, 0.3) is 0 Å². The van der Waals surface area contributed by atoms with Gasteiger partial charge in [-0.15, -0.1) is 9.05 Å². The molecule has 0 bridgehead atoms. The van der Waals surface area contributed by atoms with Crippen molar-refractivity contribution in [1.29, 1.82) is 0 Å². The summed E-state index contributed by atoms with van der Waals surface area (Å²) in [6.45, 7) is 14.0. The van der Waals surface area contributed by atoms with Gasteiger partial charge in [0, 0.05) is 17.8 Å². The van der Waals surface area contributed by atoms with E-state index in [1.165, 1.54) is 0 Å². The molecule has 17 heavy (non-hydrogen) atoms. The Kier molecular flexibility index (Phi) is 14.5. The predicted molar refractivity (Wildman–Crippen MR) is 71.6 cm³/mol. The van der Waals surface area contributed by atoms with Crippen molar-refractivity contribution in [2.45, 2.75) is 40.8 Å². The first-order chi connectivity index (χ1) is 7.93. The molecule has 0 saturated carbocycles. The zero-order valence-electron chi connectivity index (χ0n) is 11.8. The lowest BCUT2D eigenvalue weighted by Gasteiger charge is -2.20. The molecule has 0 unspecified atom stereocenters. The number of rotatable bonds is 8. The highest BCUT2D eigenvalue weighted by molar-refractivity contribution is 7.33. The highest BCUT2D eigenvalue weighted by atomic mass is 31.1. The molecule has 7 heteroatoms. The zero-order valence-corrected chi connectivity index (χ0v) is 13.7.